The maximum atomic E-state index is 13.1. The smallest absolute Gasteiger partial charge is 0.378 e. The molecule has 0 aliphatic carbocycles. The Morgan fingerprint density at radius 3 is 2.26 bits per heavy atom. The highest BCUT2D eigenvalue weighted by atomic mass is 35.5. The van der Waals surface area contributed by atoms with Gasteiger partial charge in [0.1, 0.15) is 11.6 Å². The highest BCUT2D eigenvalue weighted by Gasteiger charge is 2.33. The average molecular weight is 554 g/mol. The number of aromatic nitrogens is 2. The first-order chi connectivity index (χ1) is 18.7. The van der Waals surface area contributed by atoms with Crippen LogP contribution in [0.4, 0.5) is 19.0 Å². The molecular weight excluding hydrogens is 531 g/mol. The summed E-state index contributed by atoms with van der Waals surface area (Å²) in [4.78, 5) is 36.9. The quantitative estimate of drug-likeness (QED) is 0.272. The number of hydrogen-bond donors (Lipinski definition) is 0. The Labute approximate surface area is 227 Å². The maximum Gasteiger partial charge on any atom is 0.417 e. The second kappa shape index (κ2) is 11.1. The fraction of sp³-hybridized carbons (Fsp3) is 0.241. The normalized spacial score (nSPS) is 14.0. The zero-order chi connectivity index (χ0) is 27.6. The van der Waals surface area contributed by atoms with Crippen molar-refractivity contribution in [1.29, 1.82) is 0 Å². The molecule has 0 atom stereocenters. The first-order valence-corrected chi connectivity index (χ1v) is 12.7. The number of rotatable bonds is 7. The summed E-state index contributed by atoms with van der Waals surface area (Å²) in [6, 6.07) is 15.2. The van der Waals surface area contributed by atoms with Gasteiger partial charge in [0.2, 0.25) is 0 Å². The van der Waals surface area contributed by atoms with Gasteiger partial charge in [-0.1, -0.05) is 41.9 Å². The number of ketones is 2. The Balaban J connectivity index is 1.26. The molecule has 39 heavy (non-hydrogen) atoms. The Kier molecular flexibility index (Phi) is 7.63. The number of fused-ring (bicyclic) bond motifs is 1. The molecule has 1 saturated heterocycles. The highest BCUT2D eigenvalue weighted by Crippen LogP contribution is 2.35. The Morgan fingerprint density at radius 1 is 0.872 bits per heavy atom. The molecule has 200 valence electrons. The van der Waals surface area contributed by atoms with E-state index in [-0.39, 0.29) is 30.0 Å². The van der Waals surface area contributed by atoms with Gasteiger partial charge in [0, 0.05) is 37.1 Å². The second-order valence-corrected chi connectivity index (χ2v) is 9.67. The van der Waals surface area contributed by atoms with Crippen LogP contribution in [0.5, 0.6) is 0 Å². The number of benzene rings is 3. The summed E-state index contributed by atoms with van der Waals surface area (Å²) in [5.74, 6) is 0.278. The predicted octanol–water partition coefficient (Wildman–Crippen LogP) is 5.72. The number of carbonyl (C=O) groups excluding carboxylic acids is 2. The zero-order valence-electron chi connectivity index (χ0n) is 20.7. The van der Waals surface area contributed by atoms with Crippen molar-refractivity contribution in [1.82, 2.24) is 9.97 Å². The van der Waals surface area contributed by atoms with Gasteiger partial charge in [-0.15, -0.1) is 0 Å². The molecule has 3 aromatic carbocycles. The van der Waals surface area contributed by atoms with E-state index >= 15 is 0 Å². The summed E-state index contributed by atoms with van der Waals surface area (Å²) in [5, 5.41) is -0.407. The van der Waals surface area contributed by atoms with E-state index in [2.05, 4.69) is 14.9 Å². The molecular formula is C29H23ClF3N3O3. The topological polar surface area (TPSA) is 72.4 Å². The van der Waals surface area contributed by atoms with Crippen LogP contribution in [0.15, 0.2) is 66.9 Å². The van der Waals surface area contributed by atoms with E-state index in [9.17, 15) is 22.8 Å². The van der Waals surface area contributed by atoms with E-state index < -0.39 is 16.8 Å². The minimum atomic E-state index is -4.60. The number of morpholine rings is 1. The first-order valence-electron chi connectivity index (χ1n) is 12.3. The van der Waals surface area contributed by atoms with E-state index in [0.29, 0.717) is 40.9 Å². The van der Waals surface area contributed by atoms with E-state index in [1.165, 1.54) is 6.07 Å². The zero-order valence-corrected chi connectivity index (χ0v) is 21.4. The van der Waals surface area contributed by atoms with Gasteiger partial charge in [-0.2, -0.15) is 13.2 Å². The van der Waals surface area contributed by atoms with Crippen molar-refractivity contribution < 1.29 is 27.5 Å². The third-order valence-electron chi connectivity index (χ3n) is 6.48. The van der Waals surface area contributed by atoms with Crippen LogP contribution < -0.4 is 4.90 Å². The van der Waals surface area contributed by atoms with Crippen molar-refractivity contribution in [2.24, 2.45) is 0 Å². The number of Topliss-reactive ketones (excluding diaryl/α,β-unsaturated/α-hetero) is 1. The van der Waals surface area contributed by atoms with Crippen LogP contribution in [0.1, 0.15) is 32.6 Å². The van der Waals surface area contributed by atoms with Gasteiger partial charge >= 0.3 is 6.18 Å². The summed E-state index contributed by atoms with van der Waals surface area (Å²) in [5.41, 5.74) is 2.12. The second-order valence-electron chi connectivity index (χ2n) is 9.26. The lowest BCUT2D eigenvalue weighted by molar-refractivity contribution is -0.137. The largest absolute Gasteiger partial charge is 0.417 e. The van der Waals surface area contributed by atoms with Gasteiger partial charge in [-0.3, -0.25) is 14.6 Å². The van der Waals surface area contributed by atoms with Gasteiger partial charge in [0.05, 0.1) is 41.0 Å². The number of carbonyl (C=O) groups is 2. The number of anilines is 1. The van der Waals surface area contributed by atoms with Crippen LogP contribution >= 0.6 is 11.6 Å². The lowest BCUT2D eigenvalue weighted by Crippen LogP contribution is -2.36. The maximum absolute atomic E-state index is 13.1. The lowest BCUT2D eigenvalue weighted by Gasteiger charge is -2.27. The van der Waals surface area contributed by atoms with Crippen molar-refractivity contribution in [2.45, 2.75) is 19.0 Å². The van der Waals surface area contributed by atoms with Crippen LogP contribution in [0.3, 0.4) is 0 Å². The molecule has 1 aliphatic rings. The third kappa shape index (κ3) is 6.26. The molecule has 1 aliphatic heterocycles. The molecule has 2 heterocycles. The molecule has 1 fully saturated rings. The molecule has 0 bridgehead atoms. The fourth-order valence-electron chi connectivity index (χ4n) is 4.45. The molecule has 5 rings (SSSR count). The minimum absolute atomic E-state index is 0.0222. The fourth-order valence-corrected chi connectivity index (χ4v) is 4.67. The van der Waals surface area contributed by atoms with Crippen LogP contribution in [-0.4, -0.2) is 47.8 Å². The molecule has 0 spiro atoms. The number of halogens is 4. The van der Waals surface area contributed by atoms with Gasteiger partial charge in [-0.05, 0) is 41.5 Å². The summed E-state index contributed by atoms with van der Waals surface area (Å²) in [6.45, 7) is 2.70. The molecule has 0 N–H and O–H groups in total. The third-order valence-corrected chi connectivity index (χ3v) is 6.81. The first kappa shape index (κ1) is 26.8. The van der Waals surface area contributed by atoms with E-state index in [0.717, 1.165) is 31.0 Å². The molecule has 6 nitrogen and oxygen atoms in total. The van der Waals surface area contributed by atoms with Crippen LogP contribution in [0, 0.1) is 0 Å². The molecule has 1 aromatic heterocycles. The van der Waals surface area contributed by atoms with Gasteiger partial charge in [0.15, 0.2) is 5.78 Å². The highest BCUT2D eigenvalue weighted by molar-refractivity contribution is 6.31. The number of nitrogens with zero attached hydrogens (tertiary/aromatic N) is 3. The molecule has 0 saturated carbocycles. The van der Waals surface area contributed by atoms with Gasteiger partial charge < -0.3 is 9.64 Å². The molecule has 0 unspecified atom stereocenters. The van der Waals surface area contributed by atoms with Crippen molar-refractivity contribution in [2.75, 3.05) is 31.2 Å². The van der Waals surface area contributed by atoms with Crippen LogP contribution in [0.2, 0.25) is 5.02 Å². The molecule has 0 amide bonds. The Morgan fingerprint density at radius 2 is 1.54 bits per heavy atom. The van der Waals surface area contributed by atoms with Crippen molar-refractivity contribution in [3.05, 3.63) is 99.7 Å². The standard InChI is InChI=1S/C29H23ClF3N3O3/c30-24-7-3-19(15-23(24)29(31,32)33)14-22(37)13-18-1-4-20(5-2-18)28(38)21-6-8-25-26(16-21)35-27(17-34-25)36-9-11-39-12-10-36/h1-8,15-17H,9-14H2. The Hall–Kier alpha value is -3.82. The van der Waals surface area contributed by atoms with Crippen molar-refractivity contribution >= 4 is 40.0 Å². The Bertz CT molecular complexity index is 1530. The van der Waals surface area contributed by atoms with Gasteiger partial charge in [0.25, 0.3) is 0 Å². The van der Waals surface area contributed by atoms with Gasteiger partial charge in [-0.25, -0.2) is 4.98 Å². The van der Waals surface area contributed by atoms with Crippen molar-refractivity contribution in [3.63, 3.8) is 0 Å². The molecule has 4 aromatic rings. The summed E-state index contributed by atoms with van der Waals surface area (Å²) < 4.78 is 44.7. The average Bonchev–Trinajstić information content (AvgIpc) is 2.93. The SMILES string of the molecule is O=C(Cc1ccc(C(=O)c2ccc3ncc(N4CCOCC4)nc3c2)cc1)Cc1ccc(Cl)c(C(F)(F)F)c1. The monoisotopic (exact) mass is 553 g/mol. The van der Waals surface area contributed by atoms with Crippen LogP contribution in [0.25, 0.3) is 11.0 Å². The summed E-state index contributed by atoms with van der Waals surface area (Å²) in [6.07, 6.45) is -3.02. The number of ether oxygens (including phenoxy) is 1. The summed E-state index contributed by atoms with van der Waals surface area (Å²) in [7, 11) is 0. The van der Waals surface area contributed by atoms with Crippen LogP contribution in [-0.2, 0) is 28.5 Å². The number of hydrogen-bond acceptors (Lipinski definition) is 6. The lowest BCUT2D eigenvalue weighted by atomic mass is 9.98. The van der Waals surface area contributed by atoms with E-state index in [4.69, 9.17) is 16.3 Å². The molecule has 10 heteroatoms. The number of alkyl halides is 3. The predicted molar refractivity (Wildman–Crippen MR) is 141 cm³/mol. The summed E-state index contributed by atoms with van der Waals surface area (Å²) >= 11 is 5.65. The van der Waals surface area contributed by atoms with E-state index in [1.54, 1.807) is 48.7 Å². The van der Waals surface area contributed by atoms with E-state index in [1.807, 2.05) is 0 Å². The minimum Gasteiger partial charge on any atom is -0.378 e. The van der Waals surface area contributed by atoms with Crippen molar-refractivity contribution in [3.8, 4) is 0 Å². The molecule has 0 radical (unpaired) electrons.